The van der Waals surface area contributed by atoms with Crippen LogP contribution in [0.5, 0.6) is 0 Å². The van der Waals surface area contributed by atoms with E-state index in [0.29, 0.717) is 10.6 Å². The van der Waals surface area contributed by atoms with Gasteiger partial charge in [-0.3, -0.25) is 14.9 Å². The molecule has 1 aliphatic rings. The van der Waals surface area contributed by atoms with E-state index in [1.807, 2.05) is 6.07 Å². The maximum Gasteiger partial charge on any atom is 0.335 e. The van der Waals surface area contributed by atoms with Gasteiger partial charge in [0.1, 0.15) is 5.57 Å². The van der Waals surface area contributed by atoms with Crippen LogP contribution in [0.15, 0.2) is 54.1 Å². The van der Waals surface area contributed by atoms with E-state index in [9.17, 15) is 14.4 Å². The number of halogens is 2. The Labute approximate surface area is 147 Å². The Bertz CT molecular complexity index is 879. The van der Waals surface area contributed by atoms with E-state index in [-0.39, 0.29) is 16.3 Å². The number of amides is 4. The van der Waals surface area contributed by atoms with Gasteiger partial charge in [0, 0.05) is 0 Å². The minimum atomic E-state index is -0.839. The first-order chi connectivity index (χ1) is 11.5. The fraction of sp³-hybridized carbons (Fsp3) is 0. The Balaban J connectivity index is 2.03. The number of carbonyl (C=O) groups is 3. The zero-order chi connectivity index (χ0) is 17.3. The second-order valence-electron chi connectivity index (χ2n) is 4.97. The van der Waals surface area contributed by atoms with Crippen LogP contribution in [0.4, 0.5) is 10.5 Å². The maximum absolute atomic E-state index is 12.6. The molecule has 2 aromatic carbocycles. The Morgan fingerprint density at radius 3 is 2.29 bits per heavy atom. The number of nitrogens with zero attached hydrogens (tertiary/aromatic N) is 1. The van der Waals surface area contributed by atoms with Crippen molar-refractivity contribution in [3.8, 4) is 0 Å². The first kappa shape index (κ1) is 16.2. The Morgan fingerprint density at radius 1 is 0.917 bits per heavy atom. The molecular weight excluding hydrogens is 351 g/mol. The van der Waals surface area contributed by atoms with Crippen molar-refractivity contribution in [1.82, 2.24) is 5.32 Å². The van der Waals surface area contributed by atoms with E-state index in [1.54, 1.807) is 24.3 Å². The van der Waals surface area contributed by atoms with Gasteiger partial charge < -0.3 is 0 Å². The highest BCUT2D eigenvalue weighted by molar-refractivity contribution is 6.43. The molecule has 3 rings (SSSR count). The first-order valence-electron chi connectivity index (χ1n) is 6.89. The van der Waals surface area contributed by atoms with Gasteiger partial charge in [0.2, 0.25) is 0 Å². The summed E-state index contributed by atoms with van der Waals surface area (Å²) in [4.78, 5) is 37.6. The summed E-state index contributed by atoms with van der Waals surface area (Å²) in [6, 6.07) is 12.3. The van der Waals surface area contributed by atoms with Crippen molar-refractivity contribution in [2.45, 2.75) is 0 Å². The fourth-order valence-electron chi connectivity index (χ4n) is 2.23. The molecule has 2 aromatic rings. The summed E-state index contributed by atoms with van der Waals surface area (Å²) in [5, 5.41) is 2.63. The third-order valence-electron chi connectivity index (χ3n) is 3.37. The summed E-state index contributed by atoms with van der Waals surface area (Å²) in [6.07, 6.45) is 1.43. The third kappa shape index (κ3) is 3.04. The monoisotopic (exact) mass is 360 g/mol. The number of anilines is 1. The molecule has 0 radical (unpaired) electrons. The van der Waals surface area contributed by atoms with Gasteiger partial charge in [0.25, 0.3) is 11.8 Å². The summed E-state index contributed by atoms with van der Waals surface area (Å²) in [7, 11) is 0. The van der Waals surface area contributed by atoms with Crippen molar-refractivity contribution >= 4 is 52.8 Å². The summed E-state index contributed by atoms with van der Waals surface area (Å²) < 4.78 is 0. The van der Waals surface area contributed by atoms with Crippen molar-refractivity contribution in [3.05, 3.63) is 69.7 Å². The molecule has 1 saturated heterocycles. The summed E-state index contributed by atoms with van der Waals surface area (Å²) in [5.41, 5.74) is 0.740. The SMILES string of the molecule is O=C1NC(=O)N(c2ccc(Cl)c(Cl)c2)C(=O)/C1=C\c1ccccc1. The van der Waals surface area contributed by atoms with Crippen molar-refractivity contribution in [3.63, 3.8) is 0 Å². The number of rotatable bonds is 2. The highest BCUT2D eigenvalue weighted by atomic mass is 35.5. The Hall–Kier alpha value is -2.63. The number of imide groups is 2. The van der Waals surface area contributed by atoms with E-state index >= 15 is 0 Å². The second-order valence-corrected chi connectivity index (χ2v) is 5.78. The molecule has 0 aromatic heterocycles. The van der Waals surface area contributed by atoms with E-state index in [1.165, 1.54) is 24.3 Å². The minimum absolute atomic E-state index is 0.146. The lowest BCUT2D eigenvalue weighted by atomic mass is 10.1. The number of benzene rings is 2. The average Bonchev–Trinajstić information content (AvgIpc) is 2.55. The lowest BCUT2D eigenvalue weighted by molar-refractivity contribution is -0.122. The molecule has 0 saturated carbocycles. The van der Waals surface area contributed by atoms with Crippen LogP contribution in [-0.2, 0) is 9.59 Å². The molecule has 0 unspecified atom stereocenters. The van der Waals surface area contributed by atoms with Crippen LogP contribution >= 0.6 is 23.2 Å². The van der Waals surface area contributed by atoms with Crippen molar-refractivity contribution in [2.24, 2.45) is 0 Å². The normalized spacial score (nSPS) is 16.5. The van der Waals surface area contributed by atoms with Crippen LogP contribution < -0.4 is 10.2 Å². The number of hydrogen-bond donors (Lipinski definition) is 1. The van der Waals surface area contributed by atoms with Gasteiger partial charge in [-0.1, -0.05) is 53.5 Å². The molecule has 0 spiro atoms. The summed E-state index contributed by atoms with van der Waals surface area (Å²) >= 11 is 11.8. The standard InChI is InChI=1S/C17H10Cl2N2O3/c18-13-7-6-11(9-14(13)19)21-16(23)12(15(22)20-17(21)24)8-10-4-2-1-3-5-10/h1-9H,(H,20,22,24)/b12-8-. The van der Waals surface area contributed by atoms with E-state index in [2.05, 4.69) is 5.32 Å². The van der Waals surface area contributed by atoms with Crippen LogP contribution in [0, 0.1) is 0 Å². The average molecular weight is 361 g/mol. The van der Waals surface area contributed by atoms with Gasteiger partial charge in [-0.15, -0.1) is 0 Å². The first-order valence-corrected chi connectivity index (χ1v) is 7.64. The highest BCUT2D eigenvalue weighted by Crippen LogP contribution is 2.29. The molecule has 1 N–H and O–H groups in total. The molecule has 120 valence electrons. The number of barbiturate groups is 1. The van der Waals surface area contributed by atoms with Gasteiger partial charge in [-0.25, -0.2) is 9.69 Å². The number of carbonyl (C=O) groups excluding carboxylic acids is 3. The van der Waals surface area contributed by atoms with Crippen LogP contribution in [0.25, 0.3) is 6.08 Å². The second kappa shape index (κ2) is 6.47. The summed E-state index contributed by atoms with van der Waals surface area (Å²) in [6.45, 7) is 0. The largest absolute Gasteiger partial charge is 0.335 e. The zero-order valence-corrected chi connectivity index (χ0v) is 13.6. The quantitative estimate of drug-likeness (QED) is 0.656. The van der Waals surface area contributed by atoms with Crippen LogP contribution in [0.3, 0.4) is 0 Å². The van der Waals surface area contributed by atoms with Crippen molar-refractivity contribution in [1.29, 1.82) is 0 Å². The number of urea groups is 1. The van der Waals surface area contributed by atoms with Gasteiger partial charge in [0.05, 0.1) is 15.7 Å². The lowest BCUT2D eigenvalue weighted by Gasteiger charge is -2.26. The zero-order valence-electron chi connectivity index (χ0n) is 12.1. The molecule has 0 atom stereocenters. The van der Waals surface area contributed by atoms with Crippen LogP contribution in [0.2, 0.25) is 10.0 Å². The van der Waals surface area contributed by atoms with Crippen molar-refractivity contribution < 1.29 is 14.4 Å². The molecular formula is C17H10Cl2N2O3. The number of hydrogen-bond acceptors (Lipinski definition) is 3. The predicted octanol–water partition coefficient (Wildman–Crippen LogP) is 3.66. The molecule has 1 aliphatic heterocycles. The topological polar surface area (TPSA) is 66.5 Å². The smallest absolute Gasteiger partial charge is 0.273 e. The van der Waals surface area contributed by atoms with Gasteiger partial charge in [0.15, 0.2) is 0 Å². The van der Waals surface area contributed by atoms with E-state index < -0.39 is 17.8 Å². The Kier molecular flexibility index (Phi) is 4.38. The summed E-state index contributed by atoms with van der Waals surface area (Å²) in [5.74, 6) is -1.48. The molecule has 0 bridgehead atoms. The molecule has 4 amide bonds. The van der Waals surface area contributed by atoms with Gasteiger partial charge in [-0.05, 0) is 29.8 Å². The van der Waals surface area contributed by atoms with E-state index in [0.717, 1.165) is 4.90 Å². The fourth-order valence-corrected chi connectivity index (χ4v) is 2.52. The number of nitrogens with one attached hydrogen (secondary N) is 1. The van der Waals surface area contributed by atoms with Crippen LogP contribution in [-0.4, -0.2) is 17.8 Å². The molecule has 1 fully saturated rings. The Morgan fingerprint density at radius 2 is 1.62 bits per heavy atom. The maximum atomic E-state index is 12.6. The van der Waals surface area contributed by atoms with Crippen molar-refractivity contribution in [2.75, 3.05) is 4.90 Å². The minimum Gasteiger partial charge on any atom is -0.273 e. The molecule has 7 heteroatoms. The molecule has 1 heterocycles. The highest BCUT2D eigenvalue weighted by Gasteiger charge is 2.36. The predicted molar refractivity (Wildman–Crippen MR) is 91.9 cm³/mol. The van der Waals surface area contributed by atoms with E-state index in [4.69, 9.17) is 23.2 Å². The molecule has 0 aliphatic carbocycles. The third-order valence-corrected chi connectivity index (χ3v) is 4.11. The van der Waals surface area contributed by atoms with Gasteiger partial charge in [-0.2, -0.15) is 0 Å². The van der Waals surface area contributed by atoms with Gasteiger partial charge >= 0.3 is 6.03 Å². The molecule has 5 nitrogen and oxygen atoms in total. The molecule has 24 heavy (non-hydrogen) atoms. The lowest BCUT2D eigenvalue weighted by Crippen LogP contribution is -2.54. The van der Waals surface area contributed by atoms with Crippen LogP contribution in [0.1, 0.15) is 5.56 Å².